The van der Waals surface area contributed by atoms with Crippen molar-refractivity contribution >= 4 is 37.7 Å². The van der Waals surface area contributed by atoms with Crippen LogP contribution in [0.4, 0.5) is 5.69 Å². The van der Waals surface area contributed by atoms with Crippen LogP contribution in [-0.2, 0) is 34.9 Å². The van der Waals surface area contributed by atoms with E-state index in [2.05, 4.69) is 33.9 Å². The third-order valence-electron chi connectivity index (χ3n) is 8.91. The fraction of sp³-hybridized carbons (Fsp3) is 0.467. The molecule has 6 atom stereocenters. The Kier molecular flexibility index (Phi) is 6.79. The lowest BCUT2D eigenvalue weighted by Crippen LogP contribution is -2.68. The molecule has 2 aromatic rings. The van der Waals surface area contributed by atoms with Crippen LogP contribution in [0.25, 0.3) is 0 Å². The average molecular weight is 549 g/mol. The van der Waals surface area contributed by atoms with Gasteiger partial charge < -0.3 is 14.1 Å². The molecule has 9 heteroatoms. The third kappa shape index (κ3) is 4.41. The fourth-order valence-electron chi connectivity index (χ4n) is 5.95. The van der Waals surface area contributed by atoms with Gasteiger partial charge in [0, 0.05) is 0 Å². The van der Waals surface area contributed by atoms with Crippen LogP contribution in [0.5, 0.6) is 0 Å². The van der Waals surface area contributed by atoms with E-state index >= 15 is 0 Å². The number of amides is 3. The molecule has 0 bridgehead atoms. The number of imide groups is 1. The van der Waals surface area contributed by atoms with E-state index in [1.165, 1.54) is 9.80 Å². The van der Waals surface area contributed by atoms with E-state index in [0.717, 1.165) is 5.56 Å². The number of ether oxygens (including phenoxy) is 1. The van der Waals surface area contributed by atoms with Crippen molar-refractivity contribution in [1.82, 2.24) is 4.90 Å². The van der Waals surface area contributed by atoms with Crippen LogP contribution in [0.3, 0.4) is 0 Å². The van der Waals surface area contributed by atoms with Gasteiger partial charge >= 0.3 is 5.97 Å². The number of para-hydroxylation sites is 1. The highest BCUT2D eigenvalue weighted by atomic mass is 28.4. The predicted octanol–water partition coefficient (Wildman–Crippen LogP) is 4.16. The minimum Gasteiger partial charge on any atom is -0.459 e. The SMILES string of the molecule is C[C@@H](O[Si](C)(C)C(C)(C)C)[C@H]1C(=O)N2[C@@H]1[C@H]1C(=O)N(c3ccccc3)C(=O)[C@H]1[C@@H]2C(=O)OCc1ccccc1. The first kappa shape index (κ1) is 27.3. The first-order valence-electron chi connectivity index (χ1n) is 13.5. The van der Waals surface area contributed by atoms with Crippen molar-refractivity contribution in [3.63, 3.8) is 0 Å². The van der Waals surface area contributed by atoms with E-state index in [0.29, 0.717) is 5.69 Å². The Morgan fingerprint density at radius 3 is 2.05 bits per heavy atom. The highest BCUT2D eigenvalue weighted by molar-refractivity contribution is 6.74. The van der Waals surface area contributed by atoms with E-state index in [1.807, 2.05) is 37.3 Å². The van der Waals surface area contributed by atoms with Gasteiger partial charge in [-0.15, -0.1) is 0 Å². The minimum atomic E-state index is -2.23. The molecule has 3 amide bonds. The molecule has 206 valence electrons. The monoisotopic (exact) mass is 548 g/mol. The lowest BCUT2D eigenvalue weighted by molar-refractivity contribution is -0.174. The maximum absolute atomic E-state index is 13.8. The molecule has 3 aliphatic heterocycles. The summed E-state index contributed by atoms with van der Waals surface area (Å²) in [5.41, 5.74) is 1.25. The number of hydrogen-bond donors (Lipinski definition) is 0. The Morgan fingerprint density at radius 2 is 1.46 bits per heavy atom. The number of anilines is 1. The van der Waals surface area contributed by atoms with Crippen molar-refractivity contribution < 1.29 is 28.3 Å². The summed E-state index contributed by atoms with van der Waals surface area (Å²) in [4.78, 5) is 57.3. The van der Waals surface area contributed by atoms with Crippen LogP contribution in [-0.4, -0.2) is 55.1 Å². The number of fused-ring (bicyclic) bond motifs is 3. The number of carbonyl (C=O) groups is 4. The van der Waals surface area contributed by atoms with Crippen LogP contribution >= 0.6 is 0 Å². The molecule has 39 heavy (non-hydrogen) atoms. The number of nitrogens with zero attached hydrogens (tertiary/aromatic N) is 2. The zero-order chi connectivity index (χ0) is 28.3. The van der Waals surface area contributed by atoms with E-state index in [9.17, 15) is 19.2 Å². The quantitative estimate of drug-likeness (QED) is 0.223. The van der Waals surface area contributed by atoms with Crippen LogP contribution in [0, 0.1) is 17.8 Å². The molecular formula is C30H36N2O6Si. The van der Waals surface area contributed by atoms with Crippen molar-refractivity contribution in [3.05, 3.63) is 66.2 Å². The second kappa shape index (κ2) is 9.71. The van der Waals surface area contributed by atoms with Crippen LogP contribution in [0.2, 0.25) is 18.1 Å². The van der Waals surface area contributed by atoms with E-state index in [4.69, 9.17) is 9.16 Å². The van der Waals surface area contributed by atoms with Crippen LogP contribution in [0.15, 0.2) is 60.7 Å². The summed E-state index contributed by atoms with van der Waals surface area (Å²) in [5.74, 6) is -4.25. The summed E-state index contributed by atoms with van der Waals surface area (Å²) in [7, 11) is -2.23. The Bertz CT molecular complexity index is 1290. The van der Waals surface area contributed by atoms with Gasteiger partial charge in [0.25, 0.3) is 0 Å². The second-order valence-electron chi connectivity index (χ2n) is 12.3. The van der Waals surface area contributed by atoms with Gasteiger partial charge in [0.1, 0.15) is 12.6 Å². The van der Waals surface area contributed by atoms with Crippen molar-refractivity contribution in [3.8, 4) is 0 Å². The summed E-state index contributed by atoms with van der Waals surface area (Å²) in [5, 5.41) is -0.0705. The summed E-state index contributed by atoms with van der Waals surface area (Å²) >= 11 is 0. The van der Waals surface area contributed by atoms with Gasteiger partial charge in [0.15, 0.2) is 8.32 Å². The fourth-order valence-corrected chi connectivity index (χ4v) is 7.38. The predicted molar refractivity (Wildman–Crippen MR) is 148 cm³/mol. The Balaban J connectivity index is 1.47. The average Bonchev–Trinajstić information content (AvgIpc) is 3.31. The maximum atomic E-state index is 13.8. The second-order valence-corrected chi connectivity index (χ2v) is 17.0. The Hall–Kier alpha value is -3.30. The number of carbonyl (C=O) groups excluding carboxylic acids is 4. The molecule has 3 heterocycles. The zero-order valence-electron chi connectivity index (χ0n) is 23.3. The number of benzene rings is 2. The molecule has 0 unspecified atom stereocenters. The molecule has 0 radical (unpaired) electrons. The number of esters is 1. The van der Waals surface area contributed by atoms with E-state index in [1.54, 1.807) is 30.3 Å². The molecule has 2 aromatic carbocycles. The number of rotatable bonds is 7. The number of hydrogen-bond acceptors (Lipinski definition) is 6. The lowest BCUT2D eigenvalue weighted by atomic mass is 9.77. The van der Waals surface area contributed by atoms with Crippen molar-refractivity contribution in [2.24, 2.45) is 17.8 Å². The van der Waals surface area contributed by atoms with Crippen LogP contribution in [0.1, 0.15) is 33.3 Å². The van der Waals surface area contributed by atoms with Gasteiger partial charge in [0.05, 0.1) is 35.6 Å². The molecule has 8 nitrogen and oxygen atoms in total. The molecule has 0 aliphatic carbocycles. The number of β-lactam (4-membered cyclic amide) rings is 1. The summed E-state index contributed by atoms with van der Waals surface area (Å²) < 4.78 is 12.2. The van der Waals surface area contributed by atoms with E-state index in [-0.39, 0.29) is 23.5 Å². The zero-order valence-corrected chi connectivity index (χ0v) is 24.3. The maximum Gasteiger partial charge on any atom is 0.330 e. The van der Waals surface area contributed by atoms with Gasteiger partial charge in [0.2, 0.25) is 17.7 Å². The van der Waals surface area contributed by atoms with Gasteiger partial charge in [-0.05, 0) is 42.8 Å². The molecule has 0 N–H and O–H groups in total. The largest absolute Gasteiger partial charge is 0.459 e. The van der Waals surface area contributed by atoms with Crippen LogP contribution < -0.4 is 4.90 Å². The molecule has 5 rings (SSSR count). The third-order valence-corrected chi connectivity index (χ3v) is 13.5. The highest BCUT2D eigenvalue weighted by Crippen LogP contribution is 2.53. The minimum absolute atomic E-state index is 0.0130. The standard InChI is InChI=1S/C30H36N2O6Si/c1-18(38-39(5,6)30(2,3)4)21-24-22-23(28(35)31(27(22)34)20-15-11-8-12-16-20)25(32(24)26(21)33)29(36)37-17-19-13-9-7-10-14-19/h7-16,18,21-25H,17H2,1-6H3/t18-,21-,22+,23-,24+,25-/m1/s1. The summed E-state index contributed by atoms with van der Waals surface area (Å²) in [6.45, 7) is 12.5. The Morgan fingerprint density at radius 1 is 0.897 bits per heavy atom. The molecule has 3 saturated heterocycles. The molecule has 0 spiro atoms. The molecule has 0 aromatic heterocycles. The molecule has 0 saturated carbocycles. The van der Waals surface area contributed by atoms with Gasteiger partial charge in [-0.1, -0.05) is 69.3 Å². The first-order valence-corrected chi connectivity index (χ1v) is 16.4. The Labute approximate surface area is 230 Å². The molecule has 3 fully saturated rings. The first-order chi connectivity index (χ1) is 18.3. The summed E-state index contributed by atoms with van der Waals surface area (Å²) in [6.07, 6.45) is -0.465. The van der Waals surface area contributed by atoms with E-state index < -0.39 is 56.1 Å². The normalized spacial score (nSPS) is 27.2. The molecule has 3 aliphatic rings. The van der Waals surface area contributed by atoms with Gasteiger partial charge in [-0.3, -0.25) is 14.4 Å². The van der Waals surface area contributed by atoms with Crippen molar-refractivity contribution in [2.75, 3.05) is 4.90 Å². The lowest BCUT2D eigenvalue weighted by Gasteiger charge is -2.50. The highest BCUT2D eigenvalue weighted by Gasteiger charge is 2.73. The van der Waals surface area contributed by atoms with Crippen molar-refractivity contribution in [1.29, 1.82) is 0 Å². The van der Waals surface area contributed by atoms with Gasteiger partial charge in [-0.2, -0.15) is 0 Å². The topological polar surface area (TPSA) is 93.2 Å². The van der Waals surface area contributed by atoms with Crippen molar-refractivity contribution in [2.45, 2.75) is 70.6 Å². The molecular weight excluding hydrogens is 512 g/mol. The summed E-state index contributed by atoms with van der Waals surface area (Å²) in [6, 6.07) is 16.2. The smallest absolute Gasteiger partial charge is 0.330 e. The van der Waals surface area contributed by atoms with Gasteiger partial charge in [-0.25, -0.2) is 9.69 Å².